The Morgan fingerprint density at radius 3 is 2.82 bits per heavy atom. The van der Waals surface area contributed by atoms with Gasteiger partial charge in [-0.15, -0.1) is 0 Å². The highest BCUT2D eigenvalue weighted by atomic mass is 16.5. The predicted molar refractivity (Wildman–Crippen MR) is 142 cm³/mol. The summed E-state index contributed by atoms with van der Waals surface area (Å²) in [5, 5.41) is 6.14. The number of carbonyl (C=O) groups excluding carboxylic acids is 2. The Hall–Kier alpha value is -4.60. The van der Waals surface area contributed by atoms with Crippen molar-refractivity contribution in [3.63, 3.8) is 0 Å². The molecular formula is C28H27N7O3. The van der Waals surface area contributed by atoms with Gasteiger partial charge in [0, 0.05) is 37.8 Å². The minimum Gasteiger partial charge on any atom is -0.471 e. The first kappa shape index (κ1) is 23.8. The van der Waals surface area contributed by atoms with Gasteiger partial charge in [0.25, 0.3) is 5.91 Å². The molecule has 5 aromatic rings. The van der Waals surface area contributed by atoms with Crippen LogP contribution in [0.1, 0.15) is 39.8 Å². The van der Waals surface area contributed by atoms with Crippen LogP contribution >= 0.6 is 0 Å². The maximum absolute atomic E-state index is 13.4. The van der Waals surface area contributed by atoms with Crippen molar-refractivity contribution in [2.24, 2.45) is 7.05 Å². The molecule has 1 unspecified atom stereocenters. The molecule has 10 heteroatoms. The fourth-order valence-electron chi connectivity index (χ4n) is 5.24. The van der Waals surface area contributed by atoms with E-state index in [1.807, 2.05) is 66.7 Å². The van der Waals surface area contributed by atoms with E-state index in [0.29, 0.717) is 47.7 Å². The van der Waals surface area contributed by atoms with Gasteiger partial charge in [-0.1, -0.05) is 30.3 Å². The molecule has 4 heterocycles. The van der Waals surface area contributed by atoms with E-state index >= 15 is 0 Å². The molecule has 1 amide bonds. The van der Waals surface area contributed by atoms with E-state index in [1.165, 1.54) is 6.33 Å². The van der Waals surface area contributed by atoms with Crippen LogP contribution in [0.3, 0.4) is 0 Å². The fraction of sp³-hybridized carbons (Fsp3) is 0.286. The number of likely N-dealkylation sites (tertiary alicyclic amines) is 1. The van der Waals surface area contributed by atoms with E-state index in [-0.39, 0.29) is 12.0 Å². The van der Waals surface area contributed by atoms with Crippen molar-refractivity contribution in [2.75, 3.05) is 13.1 Å². The molecule has 38 heavy (non-hydrogen) atoms. The number of aryl methyl sites for hydroxylation is 2. The van der Waals surface area contributed by atoms with Crippen molar-refractivity contribution in [2.45, 2.75) is 32.9 Å². The van der Waals surface area contributed by atoms with E-state index < -0.39 is 0 Å². The molecule has 10 nitrogen and oxygen atoms in total. The second-order valence-corrected chi connectivity index (χ2v) is 9.45. The van der Waals surface area contributed by atoms with Gasteiger partial charge < -0.3 is 14.2 Å². The third kappa shape index (κ3) is 3.80. The molecular weight excluding hydrogens is 482 g/mol. The number of benzene rings is 2. The summed E-state index contributed by atoms with van der Waals surface area (Å²) < 4.78 is 10.1. The second kappa shape index (κ2) is 9.37. The first-order valence-electron chi connectivity index (χ1n) is 12.6. The monoisotopic (exact) mass is 509 g/mol. The van der Waals surface area contributed by atoms with Gasteiger partial charge in [-0.2, -0.15) is 10.1 Å². The lowest BCUT2D eigenvalue weighted by atomic mass is 9.99. The highest BCUT2D eigenvalue weighted by Gasteiger charge is 2.31. The lowest BCUT2D eigenvalue weighted by molar-refractivity contribution is 0.0769. The highest BCUT2D eigenvalue weighted by molar-refractivity contribution is 6.09. The van der Waals surface area contributed by atoms with Crippen LogP contribution in [-0.4, -0.2) is 65.6 Å². The molecule has 0 aliphatic carbocycles. The normalized spacial score (nSPS) is 15.4. The Labute approximate surface area is 218 Å². The Kier molecular flexibility index (Phi) is 5.86. The summed E-state index contributed by atoms with van der Waals surface area (Å²) in [6, 6.07) is 11.2. The molecule has 0 N–H and O–H groups in total. The Morgan fingerprint density at radius 2 is 2.03 bits per heavy atom. The van der Waals surface area contributed by atoms with Crippen LogP contribution in [0.4, 0.5) is 0 Å². The number of rotatable bonds is 6. The smallest absolute Gasteiger partial charge is 0.254 e. The number of fused-ring (bicyclic) bond motifs is 2. The minimum absolute atomic E-state index is 0.180. The molecule has 1 atom stereocenters. The summed E-state index contributed by atoms with van der Waals surface area (Å²) in [6.07, 6.45) is 4.43. The molecule has 1 fully saturated rings. The van der Waals surface area contributed by atoms with Crippen LogP contribution in [0.2, 0.25) is 0 Å². The topological polar surface area (TPSA) is 108 Å². The zero-order chi connectivity index (χ0) is 26.4. The molecule has 6 rings (SSSR count). The Balaban J connectivity index is 1.25. The number of hydrogen-bond donors (Lipinski definition) is 0. The van der Waals surface area contributed by atoms with Crippen LogP contribution in [0.5, 0.6) is 5.88 Å². The lowest BCUT2D eigenvalue weighted by Gasteiger charge is -2.18. The summed E-state index contributed by atoms with van der Waals surface area (Å²) in [4.78, 5) is 40.7. The molecule has 1 aliphatic rings. The molecule has 0 spiro atoms. The van der Waals surface area contributed by atoms with Gasteiger partial charge in [0.2, 0.25) is 5.88 Å². The molecule has 192 valence electrons. The zero-order valence-corrected chi connectivity index (χ0v) is 21.5. The van der Waals surface area contributed by atoms with E-state index in [4.69, 9.17) is 9.72 Å². The van der Waals surface area contributed by atoms with Crippen molar-refractivity contribution in [3.05, 3.63) is 65.7 Å². The van der Waals surface area contributed by atoms with Crippen LogP contribution in [0.25, 0.3) is 33.3 Å². The molecule has 0 bridgehead atoms. The minimum atomic E-state index is -0.257. The average Bonchev–Trinajstić information content (AvgIpc) is 3.65. The van der Waals surface area contributed by atoms with Gasteiger partial charge in [-0.05, 0) is 30.7 Å². The molecule has 3 aromatic heterocycles. The van der Waals surface area contributed by atoms with Crippen LogP contribution in [0, 0.1) is 6.92 Å². The van der Waals surface area contributed by atoms with Gasteiger partial charge in [-0.3, -0.25) is 14.3 Å². The molecule has 1 saturated heterocycles. The Morgan fingerprint density at radius 1 is 1.18 bits per heavy atom. The van der Waals surface area contributed by atoms with Crippen molar-refractivity contribution >= 4 is 34.1 Å². The summed E-state index contributed by atoms with van der Waals surface area (Å²) in [7, 11) is 1.91. The third-order valence-corrected chi connectivity index (χ3v) is 7.30. The molecule has 0 radical (unpaired) electrons. The number of nitrogens with zero attached hydrogens (tertiary/aromatic N) is 7. The second-order valence-electron chi connectivity index (χ2n) is 9.45. The van der Waals surface area contributed by atoms with Crippen LogP contribution in [0.15, 0.2) is 48.9 Å². The summed E-state index contributed by atoms with van der Waals surface area (Å²) in [5.74, 6) is 0.944. The van der Waals surface area contributed by atoms with E-state index in [9.17, 15) is 9.59 Å². The average molecular weight is 510 g/mol. The van der Waals surface area contributed by atoms with Gasteiger partial charge in [0.1, 0.15) is 18.3 Å². The van der Waals surface area contributed by atoms with Crippen LogP contribution < -0.4 is 4.74 Å². The van der Waals surface area contributed by atoms with Crippen molar-refractivity contribution < 1.29 is 14.3 Å². The summed E-state index contributed by atoms with van der Waals surface area (Å²) in [6.45, 7) is 5.74. The fourth-order valence-corrected chi connectivity index (χ4v) is 5.24. The van der Waals surface area contributed by atoms with E-state index in [1.54, 1.807) is 11.0 Å². The first-order valence-corrected chi connectivity index (χ1v) is 12.6. The molecule has 2 aromatic carbocycles. The largest absolute Gasteiger partial charge is 0.471 e. The van der Waals surface area contributed by atoms with Crippen molar-refractivity contribution in [1.82, 2.24) is 34.2 Å². The summed E-state index contributed by atoms with van der Waals surface area (Å²) in [5.41, 5.74) is 3.99. The number of imidazole rings is 1. The maximum Gasteiger partial charge on any atom is 0.254 e. The highest BCUT2D eigenvalue weighted by Crippen LogP contribution is 2.30. The first-order chi connectivity index (χ1) is 18.5. The standard InChI is InChI=1S/C28H27N7O3/c1-4-35-17(2)22(13-31-35)25-32-24-26(33(25)3)29-16-30-27(24)38-19-11-12-34(14-19)28(37)21-10-9-18-7-5-6-8-20(18)23(21)15-36/h5-10,13,15-16,19H,4,11-12,14H2,1-3H3. The maximum atomic E-state index is 13.4. The SMILES string of the molecule is CCn1ncc(-c2nc3c(OC4CCN(C(=O)c5ccc6ccccc6c5C=O)C4)ncnc3n2C)c1C. The number of ether oxygens (including phenoxy) is 1. The van der Waals surface area contributed by atoms with E-state index in [2.05, 4.69) is 15.1 Å². The Bertz CT molecular complexity index is 1700. The van der Waals surface area contributed by atoms with Gasteiger partial charge in [0.15, 0.2) is 17.5 Å². The van der Waals surface area contributed by atoms with Gasteiger partial charge in [0.05, 0.1) is 23.9 Å². The van der Waals surface area contributed by atoms with E-state index in [0.717, 1.165) is 40.7 Å². The number of aromatic nitrogens is 6. The van der Waals surface area contributed by atoms with Crippen molar-refractivity contribution in [3.8, 4) is 17.3 Å². The zero-order valence-electron chi connectivity index (χ0n) is 21.5. The van der Waals surface area contributed by atoms with Crippen molar-refractivity contribution in [1.29, 1.82) is 0 Å². The number of carbonyl (C=O) groups is 2. The lowest BCUT2D eigenvalue weighted by Crippen LogP contribution is -2.31. The molecule has 0 saturated carbocycles. The quantitative estimate of drug-likeness (QED) is 0.320. The van der Waals surface area contributed by atoms with Gasteiger partial charge in [-0.25, -0.2) is 9.97 Å². The number of aldehydes is 1. The number of hydrogen-bond acceptors (Lipinski definition) is 7. The van der Waals surface area contributed by atoms with Crippen LogP contribution in [-0.2, 0) is 13.6 Å². The predicted octanol–water partition coefficient (Wildman–Crippen LogP) is 3.81. The number of amides is 1. The third-order valence-electron chi connectivity index (χ3n) is 7.30. The summed E-state index contributed by atoms with van der Waals surface area (Å²) >= 11 is 0. The molecule has 1 aliphatic heterocycles. The van der Waals surface area contributed by atoms with Gasteiger partial charge >= 0.3 is 0 Å².